The summed E-state index contributed by atoms with van der Waals surface area (Å²) in [6.07, 6.45) is -14.7. The van der Waals surface area contributed by atoms with Crippen LogP contribution in [0.5, 0.6) is 0 Å². The molecular formula is C48H74O20. The maximum Gasteiger partial charge on any atom is 0.333 e. The molecule has 20 heteroatoms. The number of Topliss-reactive ketones (excluding diaryl/α,β-unsaturated/α-hetero) is 1. The number of allylic oxidation sites excluding steroid dienone is 1. The minimum Gasteiger partial charge on any atom is -0.462 e. The maximum absolute atomic E-state index is 13.8. The summed E-state index contributed by atoms with van der Waals surface area (Å²) in [5.74, 6) is -2.64. The zero-order valence-corrected chi connectivity index (χ0v) is 40.8. The summed E-state index contributed by atoms with van der Waals surface area (Å²) in [5, 5.41) is 63.1. The van der Waals surface area contributed by atoms with Gasteiger partial charge in [-0.05, 0) is 90.9 Å². The first kappa shape index (κ1) is 53.1. The van der Waals surface area contributed by atoms with Gasteiger partial charge in [0, 0.05) is 44.0 Å². The highest BCUT2D eigenvalue weighted by molar-refractivity contribution is 5.88. The molecule has 0 aromatic heterocycles. The summed E-state index contributed by atoms with van der Waals surface area (Å²) < 4.78 is 60.8. The first-order valence-electron chi connectivity index (χ1n) is 24.1. The van der Waals surface area contributed by atoms with Crippen molar-refractivity contribution in [1.82, 2.24) is 0 Å². The molecule has 0 aromatic carbocycles. The summed E-state index contributed by atoms with van der Waals surface area (Å²) in [7, 11) is 2.64. The van der Waals surface area contributed by atoms with Crippen LogP contribution in [0.15, 0.2) is 11.6 Å². The summed E-state index contributed by atoms with van der Waals surface area (Å²) in [4.78, 5) is 53.8. The summed E-state index contributed by atoms with van der Waals surface area (Å²) >= 11 is 0. The molecule has 2 spiro atoms. The van der Waals surface area contributed by atoms with Gasteiger partial charge >= 0.3 is 17.9 Å². The molecular weight excluding hydrogens is 897 g/mol. The predicted molar refractivity (Wildman–Crippen MR) is 233 cm³/mol. The lowest BCUT2D eigenvalue weighted by molar-refractivity contribution is -0.364. The van der Waals surface area contributed by atoms with Crippen molar-refractivity contribution >= 4 is 23.7 Å². The van der Waals surface area contributed by atoms with E-state index in [1.54, 1.807) is 33.8 Å². The molecule has 6 N–H and O–H groups in total. The average molecular weight is 971 g/mol. The monoisotopic (exact) mass is 970 g/mol. The van der Waals surface area contributed by atoms with E-state index in [2.05, 4.69) is 6.92 Å². The zero-order valence-electron chi connectivity index (χ0n) is 40.8. The second kappa shape index (κ2) is 20.1. The van der Waals surface area contributed by atoms with Crippen LogP contribution in [-0.2, 0) is 66.5 Å². The van der Waals surface area contributed by atoms with Crippen LogP contribution in [0.2, 0.25) is 0 Å². The van der Waals surface area contributed by atoms with Gasteiger partial charge in [0.2, 0.25) is 0 Å². The Morgan fingerprint density at radius 2 is 1.54 bits per heavy atom. The van der Waals surface area contributed by atoms with Crippen molar-refractivity contribution in [3.05, 3.63) is 11.6 Å². The van der Waals surface area contributed by atoms with Gasteiger partial charge in [-0.1, -0.05) is 19.9 Å². The molecule has 0 amide bonds. The third-order valence-electron chi connectivity index (χ3n) is 17.2. The molecule has 7 rings (SSSR count). The Bertz CT molecular complexity index is 1890. The largest absolute Gasteiger partial charge is 0.462 e. The lowest BCUT2D eigenvalue weighted by Gasteiger charge is -2.61. The highest BCUT2D eigenvalue weighted by Crippen LogP contribution is 2.81. The Labute approximate surface area is 397 Å². The first-order valence-corrected chi connectivity index (χ1v) is 24.1. The fourth-order valence-corrected chi connectivity index (χ4v) is 13.6. The molecule has 3 aliphatic heterocycles. The van der Waals surface area contributed by atoms with E-state index in [-0.39, 0.29) is 18.1 Å². The highest BCUT2D eigenvalue weighted by Gasteiger charge is 2.91. The lowest BCUT2D eigenvalue weighted by Crippen LogP contribution is -2.70. The van der Waals surface area contributed by atoms with Crippen LogP contribution in [-0.4, -0.2) is 184 Å². The number of esters is 3. The molecule has 0 radical (unpaired) electrons. The molecule has 3 heterocycles. The molecule has 0 bridgehead atoms. The van der Waals surface area contributed by atoms with Gasteiger partial charge in [-0.15, -0.1) is 0 Å². The molecule has 23 atom stereocenters. The molecule has 3 saturated heterocycles. The standard InChI is InChI=1S/C48H74O20/c1-11-21(2)42(58)65-39-40-45(7)15-13-27(18-26(45)12-16-47(40)48(68-47)17-14-28(22(3)50)46(48,8)41(39)62-25(6)52)63-31(53)19-29(59-9)36(23(4)51)66-44-35(57)38(60-10)37(24(5)61-44)67-43-34(56)33(55)32(54)30(20-49)64-43/h11,23-24,26-30,32-41,43-44,49,51,54-57H,12-20H2,1-10H3/b21-11+/t23?,24?,26?,27-,28-,29?,30?,32?,33?,34?,35?,36?,37?,38?,39-,40?,41+,43?,44?,45-,46-,47?,48?/m0/s1. The van der Waals surface area contributed by atoms with Crippen LogP contribution in [0.1, 0.15) is 107 Å². The van der Waals surface area contributed by atoms with Crippen molar-refractivity contribution in [2.45, 2.75) is 216 Å². The minimum atomic E-state index is -1.72. The molecule has 17 unspecified atom stereocenters. The zero-order chi connectivity index (χ0) is 50.0. The number of hydrogen-bond donors (Lipinski definition) is 6. The van der Waals surface area contributed by atoms with Gasteiger partial charge < -0.3 is 78.0 Å². The van der Waals surface area contributed by atoms with E-state index < -0.39 is 156 Å². The fraction of sp³-hybridized carbons (Fsp3) is 0.875. The van der Waals surface area contributed by atoms with Crippen molar-refractivity contribution in [3.63, 3.8) is 0 Å². The fourth-order valence-electron chi connectivity index (χ4n) is 13.6. The van der Waals surface area contributed by atoms with E-state index in [1.165, 1.54) is 28.1 Å². The van der Waals surface area contributed by atoms with Crippen molar-refractivity contribution in [2.24, 2.45) is 28.6 Å². The average Bonchev–Trinajstić information content (AvgIpc) is 3.84. The summed E-state index contributed by atoms with van der Waals surface area (Å²) in [5.41, 5.74) is -2.58. The van der Waals surface area contributed by atoms with Crippen LogP contribution < -0.4 is 0 Å². The third-order valence-corrected chi connectivity index (χ3v) is 17.2. The molecule has 7 aliphatic rings. The Morgan fingerprint density at radius 3 is 2.15 bits per heavy atom. The predicted octanol–water partition coefficient (Wildman–Crippen LogP) is 0.928. The Hall–Kier alpha value is -2.70. The smallest absolute Gasteiger partial charge is 0.333 e. The Balaban J connectivity index is 1.04. The number of carbonyl (C=O) groups is 4. The van der Waals surface area contributed by atoms with Crippen LogP contribution in [0.25, 0.3) is 0 Å². The van der Waals surface area contributed by atoms with E-state index in [1.807, 2.05) is 6.92 Å². The summed E-state index contributed by atoms with van der Waals surface area (Å²) in [6, 6.07) is 0. The summed E-state index contributed by atoms with van der Waals surface area (Å²) in [6.45, 7) is 12.7. The molecule has 386 valence electrons. The molecule has 0 aromatic rings. The number of ether oxygens (including phenoxy) is 10. The van der Waals surface area contributed by atoms with Gasteiger partial charge in [-0.2, -0.15) is 0 Å². The molecule has 4 saturated carbocycles. The van der Waals surface area contributed by atoms with Crippen molar-refractivity contribution < 1.29 is 97.2 Å². The maximum atomic E-state index is 13.8. The van der Waals surface area contributed by atoms with Gasteiger partial charge in [-0.3, -0.25) is 14.4 Å². The van der Waals surface area contributed by atoms with Gasteiger partial charge in [-0.25, -0.2) is 4.79 Å². The number of aliphatic hydroxyl groups excluding tert-OH is 6. The third kappa shape index (κ3) is 8.78. The van der Waals surface area contributed by atoms with E-state index in [9.17, 15) is 49.8 Å². The molecule has 20 nitrogen and oxygen atoms in total. The van der Waals surface area contributed by atoms with Gasteiger partial charge in [0.25, 0.3) is 0 Å². The number of hydrogen-bond acceptors (Lipinski definition) is 20. The number of carbonyl (C=O) groups excluding carboxylic acids is 4. The van der Waals surface area contributed by atoms with Crippen molar-refractivity contribution in [3.8, 4) is 0 Å². The lowest BCUT2D eigenvalue weighted by atomic mass is 9.43. The SMILES string of the molecule is C/C=C(\C)C(=O)O[C@H]1C2C3(CCC4C[C@@H](OC(=O)CC(OC)C(OC5OC(C)C(OC6OC(CO)C(O)C(O)C6O)C(OC)C5O)C(C)O)CC[C@@]42C)OC32CC[C@@H](C(C)=O)[C@@]2(C)[C@@H]1OC(C)=O. The number of aliphatic hydroxyl groups is 6. The number of methoxy groups -OCH3 is 2. The van der Waals surface area contributed by atoms with E-state index in [0.717, 1.165) is 0 Å². The second-order valence-electron chi connectivity index (χ2n) is 20.8. The van der Waals surface area contributed by atoms with E-state index >= 15 is 0 Å². The highest BCUT2D eigenvalue weighted by atomic mass is 16.7. The van der Waals surface area contributed by atoms with Gasteiger partial charge in [0.15, 0.2) is 12.6 Å². The molecule has 4 aliphatic carbocycles. The van der Waals surface area contributed by atoms with E-state index in [4.69, 9.17) is 47.4 Å². The minimum absolute atomic E-state index is 0.0248. The van der Waals surface area contributed by atoms with Crippen LogP contribution in [0.4, 0.5) is 0 Å². The van der Waals surface area contributed by atoms with Gasteiger partial charge in [0.05, 0.1) is 31.3 Å². The van der Waals surface area contributed by atoms with Crippen molar-refractivity contribution in [2.75, 3.05) is 20.8 Å². The molecule has 7 fully saturated rings. The number of fused-ring (bicyclic) bond motifs is 2. The Kier molecular flexibility index (Phi) is 15.7. The molecule has 68 heavy (non-hydrogen) atoms. The number of ketones is 1. The van der Waals surface area contributed by atoms with Crippen LogP contribution in [0, 0.1) is 28.6 Å². The number of rotatable bonds is 16. The van der Waals surface area contributed by atoms with Crippen LogP contribution >= 0.6 is 0 Å². The normalized spacial score (nSPS) is 46.7. The van der Waals surface area contributed by atoms with Crippen LogP contribution in [0.3, 0.4) is 0 Å². The Morgan fingerprint density at radius 1 is 0.838 bits per heavy atom. The van der Waals surface area contributed by atoms with Gasteiger partial charge in [0.1, 0.15) is 84.1 Å². The van der Waals surface area contributed by atoms with Crippen molar-refractivity contribution in [1.29, 1.82) is 0 Å². The second-order valence-corrected chi connectivity index (χ2v) is 20.8. The quantitative estimate of drug-likeness (QED) is 0.0543. The topological polar surface area (TPSA) is 285 Å². The first-order chi connectivity index (χ1) is 32.0. The van der Waals surface area contributed by atoms with E-state index in [0.29, 0.717) is 50.5 Å². The number of epoxide rings is 1.